The first kappa shape index (κ1) is 12.0. The Morgan fingerprint density at radius 1 is 0.947 bits per heavy atom. The maximum Gasteiger partial charge on any atom is 0.251 e. The van der Waals surface area contributed by atoms with Gasteiger partial charge in [0.15, 0.2) is 0 Å². The first-order chi connectivity index (χ1) is 9.33. The number of nitrogens with one attached hydrogen (secondary N) is 1. The number of hydrogen-bond acceptors (Lipinski definition) is 1. The molecule has 1 N–H and O–H groups in total. The molecule has 2 aromatic rings. The molecule has 1 aliphatic rings. The molecule has 0 spiro atoms. The number of carbonyl (C=O) groups excluding carboxylic acids is 1. The smallest absolute Gasteiger partial charge is 0.251 e. The summed E-state index contributed by atoms with van der Waals surface area (Å²) in [5.74, 6) is 0.749. The minimum atomic E-state index is 0.0338. The summed E-state index contributed by atoms with van der Waals surface area (Å²) in [7, 11) is 0. The molecule has 1 fully saturated rings. The lowest BCUT2D eigenvalue weighted by molar-refractivity contribution is 0.0952. The number of hydrogen-bond donors (Lipinski definition) is 1. The Labute approximate surface area is 113 Å². The van der Waals surface area contributed by atoms with Crippen molar-refractivity contribution in [3.8, 4) is 11.1 Å². The van der Waals surface area contributed by atoms with Crippen LogP contribution in [0.25, 0.3) is 11.1 Å². The van der Waals surface area contributed by atoms with Crippen LogP contribution in [0.2, 0.25) is 0 Å². The van der Waals surface area contributed by atoms with Gasteiger partial charge in [-0.2, -0.15) is 0 Å². The zero-order chi connectivity index (χ0) is 13.1. The normalized spacial score (nSPS) is 14.1. The Morgan fingerprint density at radius 2 is 1.58 bits per heavy atom. The molecule has 0 heterocycles. The van der Waals surface area contributed by atoms with Crippen molar-refractivity contribution in [2.45, 2.75) is 12.8 Å². The Bertz CT molecular complexity index is 556. The average molecular weight is 251 g/mol. The number of rotatable bonds is 4. The largest absolute Gasteiger partial charge is 0.352 e. The van der Waals surface area contributed by atoms with Gasteiger partial charge in [0, 0.05) is 12.1 Å². The van der Waals surface area contributed by atoms with Gasteiger partial charge in [0.25, 0.3) is 5.91 Å². The van der Waals surface area contributed by atoms with Gasteiger partial charge in [-0.15, -0.1) is 0 Å². The van der Waals surface area contributed by atoms with Crippen LogP contribution < -0.4 is 5.32 Å². The highest BCUT2D eigenvalue weighted by Crippen LogP contribution is 2.27. The first-order valence-electron chi connectivity index (χ1n) is 6.76. The topological polar surface area (TPSA) is 29.1 Å². The van der Waals surface area contributed by atoms with Crippen molar-refractivity contribution in [2.75, 3.05) is 6.54 Å². The maximum atomic E-state index is 11.9. The second-order valence-electron chi connectivity index (χ2n) is 5.10. The van der Waals surface area contributed by atoms with E-state index in [4.69, 9.17) is 0 Å². The second-order valence-corrected chi connectivity index (χ2v) is 5.10. The van der Waals surface area contributed by atoms with E-state index in [9.17, 15) is 4.79 Å². The van der Waals surface area contributed by atoms with Crippen LogP contribution in [-0.2, 0) is 0 Å². The highest BCUT2D eigenvalue weighted by atomic mass is 16.1. The quantitative estimate of drug-likeness (QED) is 0.885. The number of carbonyl (C=O) groups is 1. The standard InChI is InChI=1S/C17H17NO/c19-17(18-12-13-6-7-13)16-10-8-15(9-11-16)14-4-2-1-3-5-14/h1-5,8-11,13H,6-7,12H2,(H,18,19). The maximum absolute atomic E-state index is 11.9. The fourth-order valence-electron chi connectivity index (χ4n) is 2.11. The lowest BCUT2D eigenvalue weighted by atomic mass is 10.0. The summed E-state index contributed by atoms with van der Waals surface area (Å²) >= 11 is 0. The molecule has 0 aromatic heterocycles. The van der Waals surface area contributed by atoms with E-state index >= 15 is 0 Å². The predicted molar refractivity (Wildman–Crippen MR) is 76.9 cm³/mol. The molecule has 1 saturated carbocycles. The van der Waals surface area contributed by atoms with Gasteiger partial charge in [-0.25, -0.2) is 0 Å². The summed E-state index contributed by atoms with van der Waals surface area (Å²) < 4.78 is 0. The van der Waals surface area contributed by atoms with Gasteiger partial charge in [-0.05, 0) is 42.0 Å². The third-order valence-corrected chi connectivity index (χ3v) is 3.50. The third kappa shape index (κ3) is 3.02. The van der Waals surface area contributed by atoms with E-state index in [0.29, 0.717) is 5.92 Å². The van der Waals surface area contributed by atoms with E-state index in [0.717, 1.165) is 17.7 Å². The fourth-order valence-corrected chi connectivity index (χ4v) is 2.11. The Kier molecular flexibility index (Phi) is 3.32. The lowest BCUT2D eigenvalue weighted by Crippen LogP contribution is -2.25. The second kappa shape index (κ2) is 5.27. The highest BCUT2D eigenvalue weighted by Gasteiger charge is 2.21. The van der Waals surface area contributed by atoms with Crippen LogP contribution in [-0.4, -0.2) is 12.5 Å². The average Bonchev–Trinajstić information content (AvgIpc) is 3.30. The summed E-state index contributed by atoms with van der Waals surface area (Å²) in [5, 5.41) is 2.98. The predicted octanol–water partition coefficient (Wildman–Crippen LogP) is 3.49. The molecular weight excluding hydrogens is 234 g/mol. The molecule has 3 rings (SSSR count). The minimum Gasteiger partial charge on any atom is -0.352 e. The number of benzene rings is 2. The van der Waals surface area contributed by atoms with E-state index in [1.807, 2.05) is 42.5 Å². The summed E-state index contributed by atoms with van der Waals surface area (Å²) in [6.45, 7) is 0.819. The third-order valence-electron chi connectivity index (χ3n) is 3.50. The van der Waals surface area contributed by atoms with Crippen molar-refractivity contribution in [1.82, 2.24) is 5.32 Å². The Balaban J connectivity index is 1.69. The van der Waals surface area contributed by atoms with Crippen molar-refractivity contribution in [3.05, 3.63) is 60.2 Å². The molecular formula is C17H17NO. The molecule has 1 aliphatic carbocycles. The van der Waals surface area contributed by atoms with Crippen molar-refractivity contribution in [3.63, 3.8) is 0 Å². The van der Waals surface area contributed by atoms with Gasteiger partial charge >= 0.3 is 0 Å². The number of amides is 1. The molecule has 2 heteroatoms. The van der Waals surface area contributed by atoms with Crippen LogP contribution in [0.15, 0.2) is 54.6 Å². The van der Waals surface area contributed by atoms with Crippen molar-refractivity contribution < 1.29 is 4.79 Å². The Morgan fingerprint density at radius 3 is 2.21 bits per heavy atom. The van der Waals surface area contributed by atoms with Crippen LogP contribution in [0.5, 0.6) is 0 Å². The molecule has 96 valence electrons. The zero-order valence-electron chi connectivity index (χ0n) is 10.8. The molecule has 1 amide bonds. The molecule has 0 atom stereocenters. The zero-order valence-corrected chi connectivity index (χ0v) is 10.8. The van der Waals surface area contributed by atoms with E-state index in [-0.39, 0.29) is 5.91 Å². The van der Waals surface area contributed by atoms with Crippen LogP contribution in [0.4, 0.5) is 0 Å². The van der Waals surface area contributed by atoms with Crippen LogP contribution in [0.3, 0.4) is 0 Å². The molecule has 0 aliphatic heterocycles. The molecule has 2 aromatic carbocycles. The fraction of sp³-hybridized carbons (Fsp3) is 0.235. The molecule has 0 bridgehead atoms. The van der Waals surface area contributed by atoms with Crippen LogP contribution >= 0.6 is 0 Å². The van der Waals surface area contributed by atoms with Gasteiger partial charge in [-0.3, -0.25) is 4.79 Å². The van der Waals surface area contributed by atoms with Gasteiger partial charge in [0.05, 0.1) is 0 Å². The van der Waals surface area contributed by atoms with Gasteiger partial charge in [-0.1, -0.05) is 42.5 Å². The van der Waals surface area contributed by atoms with Crippen LogP contribution in [0.1, 0.15) is 23.2 Å². The van der Waals surface area contributed by atoms with Gasteiger partial charge < -0.3 is 5.32 Å². The monoisotopic (exact) mass is 251 g/mol. The lowest BCUT2D eigenvalue weighted by Gasteiger charge is -2.05. The Hall–Kier alpha value is -2.09. The minimum absolute atomic E-state index is 0.0338. The molecule has 0 unspecified atom stereocenters. The van der Waals surface area contributed by atoms with E-state index < -0.39 is 0 Å². The van der Waals surface area contributed by atoms with E-state index in [2.05, 4.69) is 17.4 Å². The highest BCUT2D eigenvalue weighted by molar-refractivity contribution is 5.94. The summed E-state index contributed by atoms with van der Waals surface area (Å²) in [6, 6.07) is 18.0. The SMILES string of the molecule is O=C(NCC1CC1)c1ccc(-c2ccccc2)cc1. The van der Waals surface area contributed by atoms with Crippen molar-refractivity contribution in [1.29, 1.82) is 0 Å². The van der Waals surface area contributed by atoms with Gasteiger partial charge in [0.2, 0.25) is 0 Å². The molecule has 0 radical (unpaired) electrons. The van der Waals surface area contributed by atoms with Crippen molar-refractivity contribution >= 4 is 5.91 Å². The van der Waals surface area contributed by atoms with E-state index in [1.54, 1.807) is 0 Å². The summed E-state index contributed by atoms with van der Waals surface area (Å²) in [5.41, 5.74) is 3.05. The van der Waals surface area contributed by atoms with Crippen molar-refractivity contribution in [2.24, 2.45) is 5.92 Å². The first-order valence-corrected chi connectivity index (χ1v) is 6.76. The van der Waals surface area contributed by atoms with Gasteiger partial charge in [0.1, 0.15) is 0 Å². The summed E-state index contributed by atoms with van der Waals surface area (Å²) in [4.78, 5) is 11.9. The summed E-state index contributed by atoms with van der Waals surface area (Å²) in [6.07, 6.45) is 2.51. The molecule has 2 nitrogen and oxygen atoms in total. The van der Waals surface area contributed by atoms with Crippen LogP contribution in [0, 0.1) is 5.92 Å². The molecule has 0 saturated heterocycles. The van der Waals surface area contributed by atoms with E-state index in [1.165, 1.54) is 18.4 Å². The molecule has 19 heavy (non-hydrogen) atoms.